The van der Waals surface area contributed by atoms with Crippen molar-refractivity contribution in [2.24, 2.45) is 0 Å². The lowest BCUT2D eigenvalue weighted by atomic mass is 10.1. The zero-order chi connectivity index (χ0) is 24.7. The number of rotatable bonds is 10. The number of amides is 2. The maximum absolute atomic E-state index is 13.4. The second-order valence-corrected chi connectivity index (χ2v) is 9.68. The van der Waals surface area contributed by atoms with E-state index in [9.17, 15) is 18.0 Å². The molecule has 34 heavy (non-hydrogen) atoms. The van der Waals surface area contributed by atoms with Crippen LogP contribution in [0.3, 0.4) is 0 Å². The Morgan fingerprint density at radius 3 is 2.32 bits per heavy atom. The molecule has 0 spiro atoms. The topological polar surface area (TPSA) is 109 Å². The largest absolute Gasteiger partial charge is 0.467 e. The van der Waals surface area contributed by atoms with E-state index in [4.69, 9.17) is 4.42 Å². The summed E-state index contributed by atoms with van der Waals surface area (Å²) in [5.41, 5.74) is 2.25. The van der Waals surface area contributed by atoms with Gasteiger partial charge >= 0.3 is 0 Å². The molecule has 0 aliphatic rings. The first-order valence-corrected chi connectivity index (χ1v) is 12.5. The summed E-state index contributed by atoms with van der Waals surface area (Å²) in [7, 11) is -3.90. The number of benzene rings is 2. The molecule has 0 aliphatic heterocycles. The minimum Gasteiger partial charge on any atom is -0.467 e. The van der Waals surface area contributed by atoms with E-state index in [0.29, 0.717) is 17.9 Å². The van der Waals surface area contributed by atoms with Crippen LogP contribution >= 0.6 is 0 Å². The van der Waals surface area contributed by atoms with E-state index in [1.54, 1.807) is 43.3 Å². The first-order chi connectivity index (χ1) is 16.2. The highest BCUT2D eigenvalue weighted by Crippen LogP contribution is 2.24. The highest BCUT2D eigenvalue weighted by molar-refractivity contribution is 7.89. The second kappa shape index (κ2) is 11.1. The number of nitrogens with zero attached hydrogens (tertiary/aromatic N) is 1. The Balaban J connectivity index is 1.83. The van der Waals surface area contributed by atoms with Gasteiger partial charge in [-0.2, -0.15) is 0 Å². The number of anilines is 1. The molecule has 1 unspecified atom stereocenters. The molecule has 0 fully saturated rings. The number of carbonyl (C=O) groups excluding carboxylic acids is 2. The van der Waals surface area contributed by atoms with Crippen LogP contribution in [0.15, 0.2) is 76.2 Å². The van der Waals surface area contributed by atoms with Gasteiger partial charge in [0.15, 0.2) is 0 Å². The predicted octanol–water partition coefficient (Wildman–Crippen LogP) is 3.30. The molecule has 9 heteroatoms. The molecule has 3 rings (SSSR count). The summed E-state index contributed by atoms with van der Waals surface area (Å²) in [6, 6.07) is 16.1. The molecular weight excluding hydrogens is 454 g/mol. The summed E-state index contributed by atoms with van der Waals surface area (Å²) in [5.74, 6) is -0.315. The number of carbonyl (C=O) groups is 2. The third-order valence-electron chi connectivity index (χ3n) is 5.41. The van der Waals surface area contributed by atoms with Gasteiger partial charge < -0.3 is 9.73 Å². The molecule has 1 aromatic heterocycles. The van der Waals surface area contributed by atoms with Crippen molar-refractivity contribution >= 4 is 27.5 Å². The molecule has 3 aromatic rings. The second-order valence-electron chi connectivity index (χ2n) is 7.91. The van der Waals surface area contributed by atoms with E-state index >= 15 is 0 Å². The molecule has 0 aliphatic carbocycles. The van der Waals surface area contributed by atoms with Gasteiger partial charge in [-0.1, -0.05) is 42.8 Å². The molecule has 180 valence electrons. The maximum atomic E-state index is 13.4. The Kier molecular flexibility index (Phi) is 8.25. The Hall–Kier alpha value is -3.43. The molecule has 0 saturated carbocycles. The minimum absolute atomic E-state index is 0.0663. The van der Waals surface area contributed by atoms with Gasteiger partial charge in [-0.25, -0.2) is 13.1 Å². The quantitative estimate of drug-likeness (QED) is 0.460. The smallest absolute Gasteiger partial charge is 0.243 e. The number of aryl methyl sites for hydroxylation is 2. The van der Waals surface area contributed by atoms with Gasteiger partial charge in [-0.15, -0.1) is 0 Å². The first-order valence-electron chi connectivity index (χ1n) is 11.0. The van der Waals surface area contributed by atoms with Gasteiger partial charge in [0.2, 0.25) is 21.8 Å². The zero-order valence-electron chi connectivity index (χ0n) is 19.4. The van der Waals surface area contributed by atoms with E-state index in [1.165, 1.54) is 23.3 Å². The highest BCUT2D eigenvalue weighted by atomic mass is 32.2. The molecule has 2 aromatic carbocycles. The van der Waals surface area contributed by atoms with E-state index in [1.807, 2.05) is 26.0 Å². The summed E-state index contributed by atoms with van der Waals surface area (Å²) >= 11 is 0. The van der Waals surface area contributed by atoms with Crippen LogP contribution in [0.1, 0.15) is 30.2 Å². The summed E-state index contributed by atoms with van der Waals surface area (Å²) in [6.07, 6.45) is 1.84. The molecule has 1 heterocycles. The van der Waals surface area contributed by atoms with Crippen molar-refractivity contribution in [1.29, 1.82) is 0 Å². The Morgan fingerprint density at radius 1 is 1.00 bits per heavy atom. The molecular formula is C25H29N3O5S. The fourth-order valence-corrected chi connectivity index (χ4v) is 4.52. The Morgan fingerprint density at radius 2 is 1.71 bits per heavy atom. The zero-order valence-corrected chi connectivity index (χ0v) is 20.3. The lowest BCUT2D eigenvalue weighted by Gasteiger charge is -2.31. The highest BCUT2D eigenvalue weighted by Gasteiger charge is 2.31. The van der Waals surface area contributed by atoms with Crippen LogP contribution in [-0.4, -0.2) is 32.8 Å². The van der Waals surface area contributed by atoms with Crippen LogP contribution in [0.5, 0.6) is 0 Å². The molecule has 1 atom stereocenters. The average molecular weight is 484 g/mol. The summed E-state index contributed by atoms with van der Waals surface area (Å²) in [6.45, 7) is 5.17. The van der Waals surface area contributed by atoms with Crippen molar-refractivity contribution in [3.05, 3.63) is 83.8 Å². The summed E-state index contributed by atoms with van der Waals surface area (Å²) in [4.78, 5) is 27.9. The SMILES string of the molecule is CCC(C(=O)NCc1ccco1)N(C(=O)CNS(=O)(=O)c1ccc(C)cc1)c1ccccc1C. The van der Waals surface area contributed by atoms with Crippen molar-refractivity contribution in [3.8, 4) is 0 Å². The van der Waals surface area contributed by atoms with Crippen molar-refractivity contribution in [3.63, 3.8) is 0 Å². The van der Waals surface area contributed by atoms with Crippen molar-refractivity contribution in [2.75, 3.05) is 11.4 Å². The maximum Gasteiger partial charge on any atom is 0.243 e. The van der Waals surface area contributed by atoms with Crippen LogP contribution in [-0.2, 0) is 26.2 Å². The fraction of sp³-hybridized carbons (Fsp3) is 0.280. The van der Waals surface area contributed by atoms with Gasteiger partial charge in [0.25, 0.3) is 0 Å². The van der Waals surface area contributed by atoms with Gasteiger partial charge in [0.1, 0.15) is 11.8 Å². The molecule has 0 radical (unpaired) electrons. The lowest BCUT2D eigenvalue weighted by Crippen LogP contribution is -2.52. The van der Waals surface area contributed by atoms with E-state index in [2.05, 4.69) is 10.0 Å². The van der Waals surface area contributed by atoms with E-state index in [-0.39, 0.29) is 17.3 Å². The number of hydrogen-bond acceptors (Lipinski definition) is 5. The molecule has 0 bridgehead atoms. The molecule has 0 saturated heterocycles. The van der Waals surface area contributed by atoms with E-state index in [0.717, 1.165) is 11.1 Å². The van der Waals surface area contributed by atoms with E-state index < -0.39 is 28.5 Å². The fourth-order valence-electron chi connectivity index (χ4n) is 3.54. The van der Waals surface area contributed by atoms with Crippen LogP contribution < -0.4 is 14.9 Å². The number of nitrogens with one attached hydrogen (secondary N) is 2. The third-order valence-corrected chi connectivity index (χ3v) is 6.82. The van der Waals surface area contributed by atoms with Crippen molar-refractivity contribution in [2.45, 2.75) is 44.7 Å². The third kappa shape index (κ3) is 6.12. The Labute approximate surface area is 200 Å². The summed E-state index contributed by atoms with van der Waals surface area (Å²) in [5, 5.41) is 2.80. The molecule has 8 nitrogen and oxygen atoms in total. The van der Waals surface area contributed by atoms with Crippen molar-refractivity contribution < 1.29 is 22.4 Å². The average Bonchev–Trinajstić information content (AvgIpc) is 3.34. The summed E-state index contributed by atoms with van der Waals surface area (Å²) < 4.78 is 33.1. The van der Waals surface area contributed by atoms with Crippen LogP contribution in [0.25, 0.3) is 0 Å². The standard InChI is InChI=1S/C25H29N3O5S/c1-4-22(25(30)26-16-20-9-7-15-33-20)28(23-10-6-5-8-19(23)3)24(29)17-27-34(31,32)21-13-11-18(2)12-14-21/h5-15,22,27H,4,16-17H2,1-3H3,(H,26,30). The van der Waals surface area contributed by atoms with Crippen molar-refractivity contribution in [1.82, 2.24) is 10.0 Å². The normalized spacial score (nSPS) is 12.2. The van der Waals surface area contributed by atoms with Gasteiger partial charge in [-0.3, -0.25) is 14.5 Å². The number of sulfonamides is 1. The van der Waals surface area contributed by atoms with Gasteiger partial charge in [0, 0.05) is 5.69 Å². The number of para-hydroxylation sites is 1. The van der Waals surface area contributed by atoms with Gasteiger partial charge in [-0.05, 0) is 56.2 Å². The monoisotopic (exact) mass is 483 g/mol. The first kappa shape index (κ1) is 25.2. The van der Waals surface area contributed by atoms with Crippen LogP contribution in [0.4, 0.5) is 5.69 Å². The lowest BCUT2D eigenvalue weighted by molar-refractivity contribution is -0.126. The number of hydrogen-bond donors (Lipinski definition) is 2. The van der Waals surface area contributed by atoms with Crippen LogP contribution in [0.2, 0.25) is 0 Å². The van der Waals surface area contributed by atoms with Gasteiger partial charge in [0.05, 0.1) is 24.2 Å². The molecule has 2 N–H and O–H groups in total. The predicted molar refractivity (Wildman–Crippen MR) is 130 cm³/mol. The Bertz CT molecular complexity index is 1220. The number of furan rings is 1. The minimum atomic E-state index is -3.90. The van der Waals surface area contributed by atoms with Crippen LogP contribution in [0, 0.1) is 13.8 Å². The molecule has 2 amide bonds.